The molecule has 0 aliphatic rings. The fraction of sp³-hybridized carbons (Fsp3) is 0.261. The maximum atomic E-state index is 12.7. The van der Waals surface area contributed by atoms with Crippen LogP contribution in [-0.2, 0) is 4.74 Å². The van der Waals surface area contributed by atoms with E-state index in [0.29, 0.717) is 17.5 Å². The molecule has 0 saturated heterocycles. The Morgan fingerprint density at radius 2 is 1.72 bits per heavy atom. The van der Waals surface area contributed by atoms with E-state index in [2.05, 4.69) is 21.2 Å². The number of anilines is 1. The van der Waals surface area contributed by atoms with E-state index >= 15 is 0 Å². The van der Waals surface area contributed by atoms with Crippen molar-refractivity contribution in [1.29, 1.82) is 0 Å². The maximum Gasteiger partial charge on any atom is 0.412 e. The number of fused-ring (bicyclic) bond motifs is 1. The number of hydrogen-bond donors (Lipinski definition) is 3. The molecule has 0 aliphatic carbocycles. The van der Waals surface area contributed by atoms with E-state index in [0.717, 1.165) is 15.4 Å². The Kier molecular flexibility index (Phi) is 6.45. The first-order valence-electron chi connectivity index (χ1n) is 9.36. The van der Waals surface area contributed by atoms with E-state index in [1.807, 2.05) is 50.2 Å². The number of phenolic OH excluding ortho intramolecular Hbond substituents is 1. The number of halogens is 1. The summed E-state index contributed by atoms with van der Waals surface area (Å²) < 4.78 is 6.79. The summed E-state index contributed by atoms with van der Waals surface area (Å²) >= 11 is 3.37. The predicted octanol–water partition coefficient (Wildman–Crippen LogP) is 6.01. The summed E-state index contributed by atoms with van der Waals surface area (Å²) in [6, 6.07) is 18.0. The molecule has 0 radical (unpaired) electrons. The van der Waals surface area contributed by atoms with Crippen molar-refractivity contribution in [3.63, 3.8) is 0 Å². The van der Waals surface area contributed by atoms with Crippen LogP contribution in [0.1, 0.15) is 31.9 Å². The van der Waals surface area contributed by atoms with Gasteiger partial charge in [-0.05, 0) is 42.1 Å². The van der Waals surface area contributed by atoms with E-state index in [4.69, 9.17) is 4.74 Å². The van der Waals surface area contributed by atoms with Crippen molar-refractivity contribution in [3.05, 3.63) is 70.7 Å². The van der Waals surface area contributed by atoms with Crippen molar-refractivity contribution in [2.75, 3.05) is 11.9 Å². The fourth-order valence-corrected chi connectivity index (χ4v) is 3.65. The van der Waals surface area contributed by atoms with Gasteiger partial charge < -0.3 is 14.9 Å². The van der Waals surface area contributed by atoms with Crippen LogP contribution in [0.25, 0.3) is 10.8 Å². The number of aliphatic hydroxyl groups is 1. The fourth-order valence-electron chi connectivity index (χ4n) is 3.39. The van der Waals surface area contributed by atoms with Gasteiger partial charge in [-0.2, -0.15) is 0 Å². The minimum absolute atomic E-state index is 0.0305. The average Bonchev–Trinajstić information content (AvgIpc) is 2.69. The van der Waals surface area contributed by atoms with Crippen LogP contribution < -0.4 is 5.32 Å². The van der Waals surface area contributed by atoms with Gasteiger partial charge in [-0.3, -0.25) is 5.32 Å². The SMILES string of the molecule is CC(C)(CCO)[C@@H](OC(=O)Nc1ccc(Br)cc1)c1ccc(O)c2ccccc12. The smallest absolute Gasteiger partial charge is 0.412 e. The van der Waals surface area contributed by atoms with E-state index in [1.165, 1.54) is 0 Å². The Balaban J connectivity index is 1.97. The first-order valence-corrected chi connectivity index (χ1v) is 10.2. The van der Waals surface area contributed by atoms with Crippen LogP contribution in [0.4, 0.5) is 10.5 Å². The molecule has 1 amide bonds. The summed E-state index contributed by atoms with van der Waals surface area (Å²) in [6.07, 6.45) is -0.769. The van der Waals surface area contributed by atoms with Gasteiger partial charge in [0.1, 0.15) is 11.9 Å². The van der Waals surface area contributed by atoms with Gasteiger partial charge >= 0.3 is 6.09 Å². The van der Waals surface area contributed by atoms with Crippen LogP contribution >= 0.6 is 15.9 Å². The highest BCUT2D eigenvalue weighted by atomic mass is 79.9. The lowest BCUT2D eigenvalue weighted by atomic mass is 9.78. The number of ether oxygens (including phenoxy) is 1. The van der Waals surface area contributed by atoms with Gasteiger partial charge in [-0.15, -0.1) is 0 Å². The Morgan fingerprint density at radius 3 is 2.38 bits per heavy atom. The van der Waals surface area contributed by atoms with Gasteiger partial charge in [0, 0.05) is 33.1 Å². The molecule has 0 spiro atoms. The first kappa shape index (κ1) is 21.1. The molecule has 0 fully saturated rings. The van der Waals surface area contributed by atoms with Crippen LogP contribution in [0.5, 0.6) is 5.75 Å². The summed E-state index contributed by atoms with van der Waals surface area (Å²) in [7, 11) is 0. The normalized spacial score (nSPS) is 12.6. The number of carbonyl (C=O) groups is 1. The van der Waals surface area contributed by atoms with Crippen molar-refractivity contribution in [2.45, 2.75) is 26.4 Å². The summed E-state index contributed by atoms with van der Waals surface area (Å²) in [5.41, 5.74) is 0.862. The summed E-state index contributed by atoms with van der Waals surface area (Å²) in [6.45, 7) is 3.86. The lowest BCUT2D eigenvalue weighted by Gasteiger charge is -2.34. The molecule has 0 heterocycles. The van der Waals surface area contributed by atoms with Gasteiger partial charge in [-0.1, -0.05) is 60.1 Å². The van der Waals surface area contributed by atoms with E-state index in [9.17, 15) is 15.0 Å². The number of benzene rings is 3. The van der Waals surface area contributed by atoms with E-state index in [-0.39, 0.29) is 12.4 Å². The molecular formula is C23H24BrNO4. The van der Waals surface area contributed by atoms with Crippen LogP contribution in [0.2, 0.25) is 0 Å². The second kappa shape index (κ2) is 8.84. The Morgan fingerprint density at radius 1 is 1.07 bits per heavy atom. The van der Waals surface area contributed by atoms with Gasteiger partial charge in [0.15, 0.2) is 0 Å². The van der Waals surface area contributed by atoms with Gasteiger partial charge in [0.25, 0.3) is 0 Å². The van der Waals surface area contributed by atoms with E-state index < -0.39 is 17.6 Å². The molecule has 3 rings (SSSR count). The summed E-state index contributed by atoms with van der Waals surface area (Å²) in [5, 5.41) is 24.0. The molecule has 152 valence electrons. The Hall–Kier alpha value is -2.57. The zero-order valence-electron chi connectivity index (χ0n) is 16.4. The molecule has 3 N–H and O–H groups in total. The quantitative estimate of drug-likeness (QED) is 0.423. The third-order valence-corrected chi connectivity index (χ3v) is 5.53. The number of phenols is 1. The number of nitrogens with one attached hydrogen (secondary N) is 1. The minimum atomic E-state index is -0.629. The van der Waals surface area contributed by atoms with E-state index in [1.54, 1.807) is 24.3 Å². The number of amides is 1. The van der Waals surface area contributed by atoms with Crippen molar-refractivity contribution in [1.82, 2.24) is 0 Å². The van der Waals surface area contributed by atoms with Gasteiger partial charge in [0.05, 0.1) is 0 Å². The maximum absolute atomic E-state index is 12.7. The number of aromatic hydroxyl groups is 1. The number of aliphatic hydroxyl groups excluding tert-OH is 1. The zero-order valence-corrected chi connectivity index (χ0v) is 17.9. The second-order valence-electron chi connectivity index (χ2n) is 7.60. The van der Waals surface area contributed by atoms with Crippen LogP contribution in [0.3, 0.4) is 0 Å². The minimum Gasteiger partial charge on any atom is -0.507 e. The third kappa shape index (κ3) is 4.89. The number of carbonyl (C=O) groups excluding carboxylic acids is 1. The highest BCUT2D eigenvalue weighted by Gasteiger charge is 2.35. The Labute approximate surface area is 178 Å². The largest absolute Gasteiger partial charge is 0.507 e. The zero-order chi connectivity index (χ0) is 21.0. The molecule has 6 heteroatoms. The van der Waals surface area contributed by atoms with Gasteiger partial charge in [-0.25, -0.2) is 4.79 Å². The molecule has 1 atom stereocenters. The molecule has 0 bridgehead atoms. The third-order valence-electron chi connectivity index (χ3n) is 5.00. The molecule has 0 saturated carbocycles. The molecule has 3 aromatic carbocycles. The molecule has 0 unspecified atom stereocenters. The van der Waals surface area contributed by atoms with Crippen LogP contribution in [0, 0.1) is 5.41 Å². The van der Waals surface area contributed by atoms with Crippen molar-refractivity contribution in [3.8, 4) is 5.75 Å². The monoisotopic (exact) mass is 457 g/mol. The highest BCUT2D eigenvalue weighted by molar-refractivity contribution is 9.10. The second-order valence-corrected chi connectivity index (χ2v) is 8.51. The predicted molar refractivity (Wildman–Crippen MR) is 118 cm³/mol. The lowest BCUT2D eigenvalue weighted by molar-refractivity contribution is 0.0161. The molecule has 3 aromatic rings. The van der Waals surface area contributed by atoms with Crippen LogP contribution in [0.15, 0.2) is 65.1 Å². The number of hydrogen-bond acceptors (Lipinski definition) is 4. The van der Waals surface area contributed by atoms with Gasteiger partial charge in [0.2, 0.25) is 0 Å². The highest BCUT2D eigenvalue weighted by Crippen LogP contribution is 2.43. The van der Waals surface area contributed by atoms with Crippen molar-refractivity contribution >= 4 is 38.5 Å². The number of rotatable bonds is 6. The molecule has 0 aromatic heterocycles. The topological polar surface area (TPSA) is 78.8 Å². The lowest BCUT2D eigenvalue weighted by Crippen LogP contribution is -2.30. The molecule has 0 aliphatic heterocycles. The van der Waals surface area contributed by atoms with Crippen molar-refractivity contribution in [2.24, 2.45) is 5.41 Å². The average molecular weight is 458 g/mol. The molecule has 5 nitrogen and oxygen atoms in total. The summed E-state index contributed by atoms with van der Waals surface area (Å²) in [5.74, 6) is 0.169. The molecular weight excluding hydrogens is 434 g/mol. The molecule has 29 heavy (non-hydrogen) atoms. The standard InChI is InChI=1S/C23H24BrNO4/c1-23(2,13-14-26)21(29-22(28)25-16-9-7-15(24)8-10-16)19-11-12-20(27)18-6-4-3-5-17(18)19/h3-12,21,26-27H,13-14H2,1-2H3,(H,25,28)/t21-/m0/s1. The van der Waals surface area contributed by atoms with Crippen molar-refractivity contribution < 1.29 is 19.7 Å². The summed E-state index contributed by atoms with van der Waals surface area (Å²) in [4.78, 5) is 12.7. The van der Waals surface area contributed by atoms with Crippen LogP contribution in [-0.4, -0.2) is 22.9 Å². The Bertz CT molecular complexity index is 1000. The first-order chi connectivity index (χ1) is 13.8.